The molecule has 15 heteroatoms. The molecule has 15 nitrogen and oxygen atoms in total. The van der Waals surface area contributed by atoms with Crippen molar-refractivity contribution >= 4 is 46.0 Å². The standard InChI is InChI=1S/C52H45N5O10/c1-60-32-15-28(16-33(23-32)61-2)48-40-9-10-41(53-40)49(29-17-34(62-3)24-35(18-29)63-4)43-13-14-45(55-43)51(31-21-38(66-7)26-39(22-31)67-8)52-47(57(58)59)27-46(56-52)50(44-12-11-42(48)54-44)30-19-36(64-5)25-37(20-30)65-6/h9-27,54-55H,1-8H3. The van der Waals surface area contributed by atoms with Crippen LogP contribution in [0.2, 0.25) is 0 Å². The minimum Gasteiger partial charge on any atom is -0.497 e. The van der Waals surface area contributed by atoms with Crippen LogP contribution in [0, 0.1) is 10.1 Å². The molecule has 9 rings (SSSR count). The summed E-state index contributed by atoms with van der Waals surface area (Å²) < 4.78 is 45.9. The quantitative estimate of drug-likeness (QED) is 0.0829. The van der Waals surface area contributed by atoms with E-state index in [1.165, 1.54) is 6.08 Å². The van der Waals surface area contributed by atoms with Crippen molar-refractivity contribution in [3.63, 3.8) is 0 Å². The highest BCUT2D eigenvalue weighted by atomic mass is 16.6. The average molecular weight is 900 g/mol. The molecule has 0 atom stereocenters. The number of nitrogens with one attached hydrogen (secondary N) is 2. The van der Waals surface area contributed by atoms with Gasteiger partial charge in [-0.3, -0.25) is 10.1 Å². The van der Waals surface area contributed by atoms with Crippen LogP contribution in [0.15, 0.2) is 97.1 Å². The molecule has 0 fully saturated rings. The van der Waals surface area contributed by atoms with Gasteiger partial charge in [0.1, 0.15) is 46.0 Å². The van der Waals surface area contributed by atoms with Crippen LogP contribution in [0.25, 0.3) is 90.5 Å². The van der Waals surface area contributed by atoms with Gasteiger partial charge in [-0.2, -0.15) is 0 Å². The Kier molecular flexibility index (Phi) is 11.7. The summed E-state index contributed by atoms with van der Waals surface area (Å²) in [5, 5.41) is 13.4. The van der Waals surface area contributed by atoms with Crippen molar-refractivity contribution in [1.29, 1.82) is 0 Å². The zero-order chi connectivity index (χ0) is 46.9. The number of fused-ring (bicyclic) bond motifs is 8. The van der Waals surface area contributed by atoms with Gasteiger partial charge >= 0.3 is 0 Å². The number of nitro groups is 1. The molecule has 0 amide bonds. The van der Waals surface area contributed by atoms with Crippen LogP contribution in [0.5, 0.6) is 46.0 Å². The molecular weight excluding hydrogens is 855 g/mol. The molecule has 3 aromatic heterocycles. The fourth-order valence-electron chi connectivity index (χ4n) is 8.42. The smallest absolute Gasteiger partial charge is 0.297 e. The van der Waals surface area contributed by atoms with Crippen LogP contribution in [-0.4, -0.2) is 81.7 Å². The van der Waals surface area contributed by atoms with Gasteiger partial charge in [0, 0.05) is 74.7 Å². The number of aromatic nitrogens is 4. The molecule has 0 radical (unpaired) electrons. The summed E-state index contributed by atoms with van der Waals surface area (Å²) in [7, 11) is 12.6. The van der Waals surface area contributed by atoms with Crippen LogP contribution < -0.4 is 37.9 Å². The highest BCUT2D eigenvalue weighted by Crippen LogP contribution is 2.44. The molecule has 4 aromatic carbocycles. The van der Waals surface area contributed by atoms with Crippen molar-refractivity contribution < 1.29 is 42.8 Å². The normalized spacial score (nSPS) is 11.7. The van der Waals surface area contributed by atoms with E-state index in [1.54, 1.807) is 93.3 Å². The van der Waals surface area contributed by atoms with E-state index in [9.17, 15) is 10.1 Å². The topological polar surface area (TPSA) is 174 Å². The summed E-state index contributed by atoms with van der Waals surface area (Å²) in [4.78, 5) is 30.9. The van der Waals surface area contributed by atoms with Crippen molar-refractivity contribution in [2.45, 2.75) is 0 Å². The largest absolute Gasteiger partial charge is 0.497 e. The van der Waals surface area contributed by atoms with Crippen molar-refractivity contribution in [2.24, 2.45) is 0 Å². The number of hydrogen-bond acceptors (Lipinski definition) is 12. The Bertz CT molecular complexity index is 3260. The van der Waals surface area contributed by atoms with Gasteiger partial charge in [-0.25, -0.2) is 9.97 Å². The Morgan fingerprint density at radius 2 is 0.687 bits per heavy atom. The lowest BCUT2D eigenvalue weighted by Gasteiger charge is -2.11. The van der Waals surface area contributed by atoms with E-state index in [1.807, 2.05) is 72.8 Å². The van der Waals surface area contributed by atoms with Gasteiger partial charge in [-0.05, 0) is 107 Å². The fraction of sp³-hybridized carbons (Fsp3) is 0.154. The number of nitrogens with zero attached hydrogens (tertiary/aromatic N) is 3. The lowest BCUT2D eigenvalue weighted by molar-refractivity contribution is -0.374. The van der Waals surface area contributed by atoms with E-state index in [0.29, 0.717) is 119 Å². The fourth-order valence-corrected chi connectivity index (χ4v) is 8.42. The first-order valence-electron chi connectivity index (χ1n) is 20.9. The second-order valence-corrected chi connectivity index (χ2v) is 15.3. The molecule has 5 heterocycles. The molecule has 0 saturated carbocycles. The van der Waals surface area contributed by atoms with Gasteiger partial charge in [-0.15, -0.1) is 0 Å². The molecule has 0 aliphatic carbocycles. The van der Waals surface area contributed by atoms with E-state index in [4.69, 9.17) is 47.9 Å². The third-order valence-electron chi connectivity index (χ3n) is 11.6. The maximum Gasteiger partial charge on any atom is 0.297 e. The number of methoxy groups -OCH3 is 8. The van der Waals surface area contributed by atoms with Gasteiger partial charge in [0.25, 0.3) is 5.70 Å². The van der Waals surface area contributed by atoms with Crippen LogP contribution in [0.4, 0.5) is 0 Å². The molecule has 0 spiro atoms. The number of aromatic amines is 2. The molecule has 67 heavy (non-hydrogen) atoms. The minimum absolute atomic E-state index is 0.0870. The monoisotopic (exact) mass is 899 g/mol. The van der Waals surface area contributed by atoms with Crippen molar-refractivity contribution in [1.82, 2.24) is 19.9 Å². The molecule has 7 aromatic rings. The van der Waals surface area contributed by atoms with Gasteiger partial charge in [0.15, 0.2) is 5.69 Å². The van der Waals surface area contributed by atoms with Gasteiger partial charge < -0.3 is 47.9 Å². The summed E-state index contributed by atoms with van der Waals surface area (Å²) in [6.07, 6.45) is 5.39. The van der Waals surface area contributed by atoms with Gasteiger partial charge in [-0.1, -0.05) is 0 Å². The number of hydrogen-bond donors (Lipinski definition) is 2. The first-order valence-corrected chi connectivity index (χ1v) is 20.9. The Morgan fingerprint density at radius 1 is 0.403 bits per heavy atom. The van der Waals surface area contributed by atoms with Crippen LogP contribution >= 0.6 is 0 Å². The summed E-state index contributed by atoms with van der Waals surface area (Å²) in [6.45, 7) is 0. The summed E-state index contributed by atoms with van der Waals surface area (Å²) >= 11 is 0. The Balaban J connectivity index is 1.54. The van der Waals surface area contributed by atoms with Gasteiger partial charge in [0.05, 0.1) is 78.9 Å². The van der Waals surface area contributed by atoms with Crippen molar-refractivity contribution in [3.05, 3.63) is 130 Å². The van der Waals surface area contributed by atoms with Crippen LogP contribution in [-0.2, 0) is 0 Å². The molecule has 0 unspecified atom stereocenters. The maximum absolute atomic E-state index is 13.4. The van der Waals surface area contributed by atoms with E-state index in [0.717, 1.165) is 11.1 Å². The SMILES string of the molecule is COc1cc(OC)cc(-c2c3nc(c(-c4cc(OC)cc(OC)c4)c4ccc([nH]4)c(-c4cc(OC)cc(OC)c4)c4nc(c(-c5cc(OC)cc(OC)c5)c5ccc2[nH]5)C=C4[N+](=O)[O-])C=C3)c1. The summed E-state index contributed by atoms with van der Waals surface area (Å²) in [5.41, 5.74) is 8.69. The summed E-state index contributed by atoms with van der Waals surface area (Å²) in [6, 6.07) is 29.6. The lowest BCUT2D eigenvalue weighted by Crippen LogP contribution is -1.99. The number of rotatable bonds is 13. The average Bonchev–Trinajstić information content (AvgIpc) is 4.21. The second kappa shape index (κ2) is 18.0. The molecular formula is C52H45N5O10. The Labute approximate surface area is 385 Å². The first-order chi connectivity index (χ1) is 32.6. The second-order valence-electron chi connectivity index (χ2n) is 15.3. The van der Waals surface area contributed by atoms with E-state index in [2.05, 4.69) is 9.97 Å². The number of benzene rings is 4. The van der Waals surface area contributed by atoms with Crippen molar-refractivity contribution in [3.8, 4) is 90.5 Å². The van der Waals surface area contributed by atoms with Gasteiger partial charge in [0.2, 0.25) is 0 Å². The molecule has 338 valence electrons. The molecule has 2 aliphatic rings. The van der Waals surface area contributed by atoms with Crippen LogP contribution in [0.3, 0.4) is 0 Å². The number of H-pyrrole nitrogens is 2. The lowest BCUT2D eigenvalue weighted by atomic mass is 10.0. The predicted octanol–water partition coefficient (Wildman–Crippen LogP) is 11.0. The number of ether oxygens (including phenoxy) is 8. The summed E-state index contributed by atoms with van der Waals surface area (Å²) in [5.74, 6) is 4.19. The molecule has 2 N–H and O–H groups in total. The Hall–Kier alpha value is -8.72. The predicted molar refractivity (Wildman–Crippen MR) is 259 cm³/mol. The van der Waals surface area contributed by atoms with Crippen LogP contribution in [0.1, 0.15) is 22.8 Å². The highest BCUT2D eigenvalue weighted by molar-refractivity contribution is 6.01. The van der Waals surface area contributed by atoms with E-state index >= 15 is 0 Å². The van der Waals surface area contributed by atoms with Crippen molar-refractivity contribution in [2.75, 3.05) is 56.9 Å². The third-order valence-corrected chi connectivity index (χ3v) is 11.6. The highest BCUT2D eigenvalue weighted by Gasteiger charge is 2.30. The zero-order valence-electron chi connectivity index (χ0n) is 37.9. The minimum atomic E-state index is -0.428. The molecule has 2 aliphatic heterocycles. The van der Waals surface area contributed by atoms with E-state index in [-0.39, 0.29) is 11.4 Å². The molecule has 0 saturated heterocycles. The van der Waals surface area contributed by atoms with E-state index < -0.39 is 4.92 Å². The molecule has 8 bridgehead atoms. The maximum atomic E-state index is 13.4. The Morgan fingerprint density at radius 3 is 0.985 bits per heavy atom. The third kappa shape index (κ3) is 8.18. The zero-order valence-corrected chi connectivity index (χ0v) is 37.9. The first kappa shape index (κ1) is 43.5.